The van der Waals surface area contributed by atoms with Gasteiger partial charge in [-0.05, 0) is 61.9 Å². The number of methoxy groups -OCH3 is 1. The first-order chi connectivity index (χ1) is 17.5. The Morgan fingerprint density at radius 3 is 2.22 bits per heavy atom. The van der Waals surface area contributed by atoms with Crippen LogP contribution in [0.2, 0.25) is 0 Å². The van der Waals surface area contributed by atoms with E-state index in [2.05, 4.69) is 0 Å². The summed E-state index contributed by atoms with van der Waals surface area (Å²) >= 11 is 0. The highest BCUT2D eigenvalue weighted by molar-refractivity contribution is 6.02. The van der Waals surface area contributed by atoms with Crippen molar-refractivity contribution in [3.63, 3.8) is 0 Å². The number of aryl methyl sites for hydroxylation is 1. The Hall–Kier alpha value is -4.33. The van der Waals surface area contributed by atoms with Gasteiger partial charge in [0, 0.05) is 37.4 Å². The molecule has 0 unspecified atom stereocenters. The Kier molecular flexibility index (Phi) is 6.33. The molecule has 0 spiro atoms. The van der Waals surface area contributed by atoms with E-state index >= 15 is 0 Å². The SMILES string of the molecule is COc1ccc(-c2c(C)nn(-c3ccccc3)c2C)c(C(=O)N2CCN(C(=O)c3ccco3)CC2)c1. The summed E-state index contributed by atoms with van der Waals surface area (Å²) in [5, 5.41) is 4.77. The largest absolute Gasteiger partial charge is 0.497 e. The summed E-state index contributed by atoms with van der Waals surface area (Å²) in [5.74, 6) is 0.666. The second kappa shape index (κ2) is 9.73. The van der Waals surface area contributed by atoms with Crippen molar-refractivity contribution in [3.05, 3.63) is 89.6 Å². The molecule has 0 bridgehead atoms. The molecular formula is C28H28N4O4. The zero-order valence-electron chi connectivity index (χ0n) is 20.6. The van der Waals surface area contributed by atoms with Gasteiger partial charge in [-0.3, -0.25) is 9.59 Å². The van der Waals surface area contributed by atoms with Crippen LogP contribution < -0.4 is 4.74 Å². The number of aromatic nitrogens is 2. The Morgan fingerprint density at radius 1 is 0.889 bits per heavy atom. The van der Waals surface area contributed by atoms with Gasteiger partial charge in [0.25, 0.3) is 11.8 Å². The van der Waals surface area contributed by atoms with Crippen LogP contribution >= 0.6 is 0 Å². The number of hydrogen-bond acceptors (Lipinski definition) is 5. The molecule has 0 N–H and O–H groups in total. The minimum atomic E-state index is -0.159. The first-order valence-electron chi connectivity index (χ1n) is 11.9. The maximum atomic E-state index is 13.8. The number of carbonyl (C=O) groups excluding carboxylic acids is 2. The van der Waals surface area contributed by atoms with E-state index in [1.165, 1.54) is 6.26 Å². The van der Waals surface area contributed by atoms with Crippen molar-refractivity contribution >= 4 is 11.8 Å². The molecule has 2 aromatic carbocycles. The summed E-state index contributed by atoms with van der Waals surface area (Å²) in [4.78, 5) is 29.9. The fourth-order valence-corrected chi connectivity index (χ4v) is 4.74. The summed E-state index contributed by atoms with van der Waals surface area (Å²) in [6.07, 6.45) is 1.49. The maximum Gasteiger partial charge on any atom is 0.289 e. The minimum absolute atomic E-state index is 0.0970. The van der Waals surface area contributed by atoms with Gasteiger partial charge in [-0.25, -0.2) is 4.68 Å². The number of furan rings is 1. The third-order valence-electron chi connectivity index (χ3n) is 6.60. The lowest BCUT2D eigenvalue weighted by Crippen LogP contribution is -2.50. The van der Waals surface area contributed by atoms with Gasteiger partial charge in [0.05, 0.1) is 30.3 Å². The number of amides is 2. The molecule has 1 saturated heterocycles. The molecule has 0 aliphatic carbocycles. The summed E-state index contributed by atoms with van der Waals surface area (Å²) in [6, 6.07) is 18.9. The number of para-hydroxylation sites is 1. The van der Waals surface area contributed by atoms with Crippen molar-refractivity contribution in [2.24, 2.45) is 0 Å². The molecule has 4 aromatic rings. The van der Waals surface area contributed by atoms with Crippen LogP contribution in [0.15, 0.2) is 71.3 Å². The number of piperazine rings is 1. The fraction of sp³-hybridized carbons (Fsp3) is 0.250. The third-order valence-corrected chi connectivity index (χ3v) is 6.60. The van der Waals surface area contributed by atoms with E-state index in [4.69, 9.17) is 14.3 Å². The lowest BCUT2D eigenvalue weighted by Gasteiger charge is -2.34. The Bertz CT molecular complexity index is 1380. The van der Waals surface area contributed by atoms with Gasteiger partial charge < -0.3 is 19.0 Å². The van der Waals surface area contributed by atoms with Crippen LogP contribution in [0.4, 0.5) is 0 Å². The van der Waals surface area contributed by atoms with Crippen molar-refractivity contribution in [3.8, 4) is 22.6 Å². The third kappa shape index (κ3) is 4.26. The predicted octanol–water partition coefficient (Wildman–Crippen LogP) is 4.36. The standard InChI is InChI=1S/C28H28N4O4/c1-19-26(20(2)32(29-19)21-8-5-4-6-9-21)23-12-11-22(35-3)18-24(23)27(33)30-13-15-31(16-14-30)28(34)25-10-7-17-36-25/h4-12,17-18H,13-16H2,1-3H3. The zero-order chi connectivity index (χ0) is 25.2. The highest BCUT2D eigenvalue weighted by atomic mass is 16.5. The first-order valence-corrected chi connectivity index (χ1v) is 11.9. The van der Waals surface area contributed by atoms with Crippen LogP contribution in [-0.4, -0.2) is 64.7 Å². The molecule has 3 heterocycles. The van der Waals surface area contributed by atoms with Gasteiger partial charge in [-0.15, -0.1) is 0 Å². The highest BCUT2D eigenvalue weighted by Crippen LogP contribution is 2.34. The molecule has 2 aromatic heterocycles. The van der Waals surface area contributed by atoms with Crippen LogP contribution in [0.1, 0.15) is 32.3 Å². The van der Waals surface area contributed by atoms with Gasteiger partial charge in [-0.2, -0.15) is 5.10 Å². The molecule has 0 atom stereocenters. The molecule has 0 radical (unpaired) electrons. The topological polar surface area (TPSA) is 80.8 Å². The van der Waals surface area contributed by atoms with E-state index in [0.717, 1.165) is 28.2 Å². The van der Waals surface area contributed by atoms with E-state index in [1.54, 1.807) is 35.1 Å². The summed E-state index contributed by atoms with van der Waals surface area (Å²) in [7, 11) is 1.59. The molecular weight excluding hydrogens is 456 g/mol. The van der Waals surface area contributed by atoms with E-state index in [1.807, 2.05) is 61.0 Å². The molecule has 2 amide bonds. The number of hydrogen-bond donors (Lipinski definition) is 0. The normalized spacial score (nSPS) is 13.6. The average molecular weight is 485 g/mol. The molecule has 5 rings (SSSR count). The Morgan fingerprint density at radius 2 is 1.58 bits per heavy atom. The Balaban J connectivity index is 1.45. The molecule has 184 valence electrons. The first kappa shape index (κ1) is 23.4. The second-order valence-electron chi connectivity index (χ2n) is 8.77. The van der Waals surface area contributed by atoms with E-state index in [-0.39, 0.29) is 11.8 Å². The van der Waals surface area contributed by atoms with Crippen molar-refractivity contribution in [2.45, 2.75) is 13.8 Å². The monoisotopic (exact) mass is 484 g/mol. The minimum Gasteiger partial charge on any atom is -0.497 e. The van der Waals surface area contributed by atoms with E-state index in [0.29, 0.717) is 43.3 Å². The molecule has 8 heteroatoms. The molecule has 1 aliphatic rings. The Labute approximate surface area is 209 Å². The lowest BCUT2D eigenvalue weighted by molar-refractivity contribution is 0.0518. The van der Waals surface area contributed by atoms with Crippen LogP contribution in [0, 0.1) is 13.8 Å². The second-order valence-corrected chi connectivity index (χ2v) is 8.77. The van der Waals surface area contributed by atoms with Crippen LogP contribution in [-0.2, 0) is 0 Å². The van der Waals surface area contributed by atoms with Gasteiger partial charge in [0.15, 0.2) is 5.76 Å². The number of benzene rings is 2. The van der Waals surface area contributed by atoms with Gasteiger partial charge in [-0.1, -0.05) is 18.2 Å². The van der Waals surface area contributed by atoms with Gasteiger partial charge >= 0.3 is 0 Å². The van der Waals surface area contributed by atoms with Crippen LogP contribution in [0.5, 0.6) is 5.75 Å². The quantitative estimate of drug-likeness (QED) is 0.421. The number of carbonyl (C=O) groups is 2. The predicted molar refractivity (Wildman–Crippen MR) is 136 cm³/mol. The van der Waals surface area contributed by atoms with Crippen molar-refractivity contribution < 1.29 is 18.7 Å². The van der Waals surface area contributed by atoms with Crippen molar-refractivity contribution in [2.75, 3.05) is 33.3 Å². The van der Waals surface area contributed by atoms with Crippen LogP contribution in [0.3, 0.4) is 0 Å². The van der Waals surface area contributed by atoms with E-state index < -0.39 is 0 Å². The van der Waals surface area contributed by atoms with Gasteiger partial charge in [0.2, 0.25) is 0 Å². The van der Waals surface area contributed by atoms with Crippen molar-refractivity contribution in [1.29, 1.82) is 0 Å². The summed E-state index contributed by atoms with van der Waals surface area (Å²) < 4.78 is 12.6. The van der Waals surface area contributed by atoms with Crippen molar-refractivity contribution in [1.82, 2.24) is 19.6 Å². The summed E-state index contributed by atoms with van der Waals surface area (Å²) in [5.41, 5.74) is 5.04. The lowest BCUT2D eigenvalue weighted by atomic mass is 9.96. The number of nitrogens with zero attached hydrogens (tertiary/aromatic N) is 4. The molecule has 1 fully saturated rings. The fourth-order valence-electron chi connectivity index (χ4n) is 4.74. The average Bonchev–Trinajstić information content (AvgIpc) is 3.56. The number of rotatable bonds is 5. The maximum absolute atomic E-state index is 13.8. The molecule has 1 aliphatic heterocycles. The van der Waals surface area contributed by atoms with Crippen LogP contribution in [0.25, 0.3) is 16.8 Å². The van der Waals surface area contributed by atoms with E-state index in [9.17, 15) is 9.59 Å². The smallest absolute Gasteiger partial charge is 0.289 e. The molecule has 0 saturated carbocycles. The summed E-state index contributed by atoms with van der Waals surface area (Å²) in [6.45, 7) is 5.72. The number of ether oxygens (including phenoxy) is 1. The van der Waals surface area contributed by atoms with Gasteiger partial charge in [0.1, 0.15) is 5.75 Å². The molecule has 36 heavy (non-hydrogen) atoms. The molecule has 8 nitrogen and oxygen atoms in total. The highest BCUT2D eigenvalue weighted by Gasteiger charge is 2.29. The zero-order valence-corrected chi connectivity index (χ0v) is 20.6.